The Kier molecular flexibility index (Phi) is 11.2. The summed E-state index contributed by atoms with van der Waals surface area (Å²) < 4.78 is 15.0. The lowest BCUT2D eigenvalue weighted by Gasteiger charge is -2.48. The third kappa shape index (κ3) is 8.33. The molecular weight excluding hydrogens is 767 g/mol. The minimum absolute atomic E-state index is 0.0347. The van der Waals surface area contributed by atoms with Crippen LogP contribution in [0.25, 0.3) is 0 Å². The van der Waals surface area contributed by atoms with Crippen LogP contribution >= 0.6 is 23.4 Å². The highest BCUT2D eigenvalue weighted by atomic mass is 35.5. The molecule has 6 heterocycles. The van der Waals surface area contributed by atoms with Crippen LogP contribution in [0, 0.1) is 22.6 Å². The van der Waals surface area contributed by atoms with Crippen molar-refractivity contribution in [3.05, 3.63) is 82.3 Å². The van der Waals surface area contributed by atoms with Crippen LogP contribution in [-0.4, -0.2) is 108 Å². The zero-order valence-electron chi connectivity index (χ0n) is 31.9. The van der Waals surface area contributed by atoms with E-state index in [-0.39, 0.29) is 35.6 Å². The zero-order chi connectivity index (χ0) is 39.8. The number of hydrogen-bond donors (Lipinski definition) is 2. The van der Waals surface area contributed by atoms with Crippen LogP contribution in [0.3, 0.4) is 0 Å². The van der Waals surface area contributed by atoms with Gasteiger partial charge in [0.2, 0.25) is 11.8 Å². The smallest absolute Gasteiger partial charge is 0.255 e. The van der Waals surface area contributed by atoms with E-state index < -0.39 is 23.7 Å². The van der Waals surface area contributed by atoms with E-state index in [9.17, 15) is 24.4 Å². The van der Waals surface area contributed by atoms with Gasteiger partial charge >= 0.3 is 0 Å². The van der Waals surface area contributed by atoms with E-state index in [0.29, 0.717) is 39.2 Å². The number of pyridine rings is 1. The Labute approximate surface area is 341 Å². The standard InChI is InChI=1S/C42H46ClFN8O4S/c1-26-20-42(25-52(26)30-4-2-27(21-45)34(43)18-30)12-16-50(17-13-42)41(56)28-3-9-38(46-22-28)57-32-10-14-49(15-11-32)31-23-51(24-31)29-5-6-33(35(44)19-29)39(54)47-36-7-8-37(53)48-40(36)55/h2-6,9,18-19,22,26,31-32,36H,7-8,10-17,20,23-25H2,1H3,(H,47,54)(H,48,53,55)/t26-,36-/m0/s1. The zero-order valence-corrected chi connectivity index (χ0v) is 33.5. The number of nitrogens with one attached hydrogen (secondary N) is 2. The molecule has 5 saturated heterocycles. The molecule has 8 rings (SSSR count). The number of nitriles is 1. The number of piperidine rings is 3. The van der Waals surface area contributed by atoms with Gasteiger partial charge in [0.15, 0.2) is 0 Å². The molecule has 5 aliphatic heterocycles. The second-order valence-electron chi connectivity index (χ2n) is 16.2. The van der Waals surface area contributed by atoms with E-state index in [1.54, 1.807) is 30.1 Å². The maximum Gasteiger partial charge on any atom is 0.255 e. The van der Waals surface area contributed by atoms with Crippen molar-refractivity contribution in [3.63, 3.8) is 0 Å². The molecule has 0 saturated carbocycles. The first-order chi connectivity index (χ1) is 27.5. The number of carbonyl (C=O) groups excluding carboxylic acids is 4. The number of anilines is 2. The van der Waals surface area contributed by atoms with Gasteiger partial charge in [0.05, 0.1) is 26.7 Å². The number of imide groups is 1. The summed E-state index contributed by atoms with van der Waals surface area (Å²) in [4.78, 5) is 63.2. The average molecular weight is 813 g/mol. The molecule has 1 aromatic heterocycles. The van der Waals surface area contributed by atoms with Crippen molar-refractivity contribution in [2.45, 2.75) is 80.3 Å². The van der Waals surface area contributed by atoms with Crippen LogP contribution in [0.15, 0.2) is 59.8 Å². The van der Waals surface area contributed by atoms with Gasteiger partial charge in [-0.25, -0.2) is 9.37 Å². The molecule has 15 heteroatoms. The summed E-state index contributed by atoms with van der Waals surface area (Å²) in [5.41, 5.74) is 2.88. The monoisotopic (exact) mass is 812 g/mol. The van der Waals surface area contributed by atoms with Gasteiger partial charge in [-0.05, 0) is 112 Å². The van der Waals surface area contributed by atoms with Crippen molar-refractivity contribution in [1.82, 2.24) is 25.4 Å². The average Bonchev–Trinajstić information content (AvgIpc) is 3.51. The number of nitrogens with zero attached hydrogens (tertiary/aromatic N) is 6. The lowest BCUT2D eigenvalue weighted by Crippen LogP contribution is -2.61. The third-order valence-corrected chi connectivity index (χ3v) is 14.1. The minimum Gasteiger partial charge on any atom is -0.368 e. The van der Waals surface area contributed by atoms with E-state index in [2.05, 4.69) is 43.3 Å². The Morgan fingerprint density at radius 1 is 1.02 bits per heavy atom. The van der Waals surface area contributed by atoms with Crippen LogP contribution in [0.5, 0.6) is 0 Å². The maximum atomic E-state index is 15.0. The predicted octanol–water partition coefficient (Wildman–Crippen LogP) is 5.25. The van der Waals surface area contributed by atoms with Crippen molar-refractivity contribution in [2.24, 2.45) is 5.41 Å². The van der Waals surface area contributed by atoms with Gasteiger partial charge < -0.3 is 20.0 Å². The number of benzene rings is 2. The Morgan fingerprint density at radius 2 is 1.77 bits per heavy atom. The Morgan fingerprint density at radius 3 is 2.44 bits per heavy atom. The first-order valence-electron chi connectivity index (χ1n) is 19.8. The summed E-state index contributed by atoms with van der Waals surface area (Å²) in [6.45, 7) is 8.08. The van der Waals surface area contributed by atoms with Crippen LogP contribution in [0.2, 0.25) is 5.02 Å². The highest BCUT2D eigenvalue weighted by Crippen LogP contribution is 2.45. The normalized spacial score (nSPS) is 22.9. The van der Waals surface area contributed by atoms with Crippen LogP contribution in [0.4, 0.5) is 15.8 Å². The van der Waals surface area contributed by atoms with Crippen LogP contribution in [-0.2, 0) is 9.59 Å². The molecule has 2 aromatic carbocycles. The molecule has 3 aromatic rings. The SMILES string of the molecule is C[C@H]1CC2(CCN(C(=O)c3ccc(SC4CCN(C5CN(c6ccc(C(=O)N[C@H]7CCC(=O)NC7=O)c(F)c6)C5)CC4)nc3)CC2)CN1c1ccc(C#N)c(Cl)c1. The lowest BCUT2D eigenvalue weighted by atomic mass is 9.76. The molecule has 5 fully saturated rings. The first kappa shape index (κ1) is 39.1. The van der Waals surface area contributed by atoms with Crippen molar-refractivity contribution in [2.75, 3.05) is 55.6 Å². The number of hydrogen-bond acceptors (Lipinski definition) is 10. The molecule has 0 radical (unpaired) electrons. The van der Waals surface area contributed by atoms with E-state index >= 15 is 4.39 Å². The summed E-state index contributed by atoms with van der Waals surface area (Å²) in [6.07, 6.45) is 7.05. The fourth-order valence-electron chi connectivity index (χ4n) is 9.12. The van der Waals surface area contributed by atoms with Gasteiger partial charge in [0.25, 0.3) is 11.8 Å². The molecule has 2 atom stereocenters. The number of halogens is 2. The molecule has 57 heavy (non-hydrogen) atoms. The van der Waals surface area contributed by atoms with Crippen molar-refractivity contribution in [3.8, 4) is 6.07 Å². The van der Waals surface area contributed by atoms with Crippen molar-refractivity contribution >= 4 is 58.4 Å². The second kappa shape index (κ2) is 16.3. The summed E-state index contributed by atoms with van der Waals surface area (Å²) in [5, 5.41) is 15.8. The van der Waals surface area contributed by atoms with Gasteiger partial charge in [-0.15, -0.1) is 11.8 Å². The predicted molar refractivity (Wildman–Crippen MR) is 216 cm³/mol. The minimum atomic E-state index is -0.862. The van der Waals surface area contributed by atoms with Gasteiger partial charge in [0, 0.05) is 74.0 Å². The van der Waals surface area contributed by atoms with E-state index in [1.165, 1.54) is 12.1 Å². The highest BCUT2D eigenvalue weighted by molar-refractivity contribution is 7.99. The summed E-state index contributed by atoms with van der Waals surface area (Å²) in [5.74, 6) is -2.25. The van der Waals surface area contributed by atoms with Crippen LogP contribution in [0.1, 0.15) is 78.1 Å². The van der Waals surface area contributed by atoms with Crippen molar-refractivity contribution in [1.29, 1.82) is 5.26 Å². The van der Waals surface area contributed by atoms with Gasteiger partial charge in [0.1, 0.15) is 17.9 Å². The van der Waals surface area contributed by atoms with E-state index in [1.807, 2.05) is 29.2 Å². The van der Waals surface area contributed by atoms with E-state index in [0.717, 1.165) is 88.6 Å². The maximum absolute atomic E-state index is 15.0. The molecule has 12 nitrogen and oxygen atoms in total. The largest absolute Gasteiger partial charge is 0.368 e. The van der Waals surface area contributed by atoms with Gasteiger partial charge in [-0.2, -0.15) is 5.26 Å². The van der Waals surface area contributed by atoms with Gasteiger partial charge in [-0.1, -0.05) is 11.6 Å². The number of rotatable bonds is 8. The second-order valence-corrected chi connectivity index (χ2v) is 17.9. The molecule has 0 bridgehead atoms. The molecule has 0 aliphatic carbocycles. The molecule has 0 unspecified atom stereocenters. The lowest BCUT2D eigenvalue weighted by molar-refractivity contribution is -0.134. The number of likely N-dealkylation sites (tertiary alicyclic amines) is 2. The molecule has 4 amide bonds. The number of carbonyl (C=O) groups is 4. The summed E-state index contributed by atoms with van der Waals surface area (Å²) in [7, 11) is 0. The fourth-order valence-corrected chi connectivity index (χ4v) is 10.4. The fraction of sp³-hybridized carbons (Fsp3) is 0.476. The first-order valence-corrected chi connectivity index (χ1v) is 21.0. The van der Waals surface area contributed by atoms with E-state index in [4.69, 9.17) is 11.6 Å². The third-order valence-electron chi connectivity index (χ3n) is 12.5. The summed E-state index contributed by atoms with van der Waals surface area (Å²) in [6, 6.07) is 16.1. The number of aromatic nitrogens is 1. The van der Waals surface area contributed by atoms with Crippen LogP contribution < -0.4 is 20.4 Å². The molecular formula is C42H46ClFN8O4S. The molecule has 298 valence electrons. The molecule has 1 spiro atoms. The molecule has 2 N–H and O–H groups in total. The topological polar surface area (TPSA) is 142 Å². The Hall–Kier alpha value is -4.71. The Balaban J connectivity index is 0.759. The summed E-state index contributed by atoms with van der Waals surface area (Å²) >= 11 is 8.12. The van der Waals surface area contributed by atoms with Gasteiger partial charge in [-0.3, -0.25) is 29.4 Å². The Bertz CT molecular complexity index is 2090. The quantitative estimate of drug-likeness (QED) is 0.290. The number of thioether (sulfide) groups is 1. The highest BCUT2D eigenvalue weighted by Gasteiger charge is 2.45. The van der Waals surface area contributed by atoms with Crippen molar-refractivity contribution < 1.29 is 23.6 Å². The molecule has 5 aliphatic rings. The number of amides is 4.